The van der Waals surface area contributed by atoms with Crippen LogP contribution in [0.1, 0.15) is 22.4 Å². The summed E-state index contributed by atoms with van der Waals surface area (Å²) in [5.74, 6) is 0.277. The summed E-state index contributed by atoms with van der Waals surface area (Å²) in [7, 11) is 0. The van der Waals surface area contributed by atoms with Crippen molar-refractivity contribution >= 4 is 16.7 Å². The van der Waals surface area contributed by atoms with Crippen LogP contribution < -0.4 is 5.73 Å². The van der Waals surface area contributed by atoms with Crippen molar-refractivity contribution in [2.75, 3.05) is 5.73 Å². The van der Waals surface area contributed by atoms with Gasteiger partial charge in [-0.05, 0) is 56.5 Å². The molecule has 0 unspecified atom stereocenters. The van der Waals surface area contributed by atoms with E-state index in [1.54, 1.807) is 6.07 Å². The second kappa shape index (κ2) is 4.52. The number of hydrogen-bond acceptors (Lipinski definition) is 3. The van der Waals surface area contributed by atoms with Gasteiger partial charge in [0.15, 0.2) is 0 Å². The molecule has 3 rings (SSSR count). The Balaban J connectivity index is 2.42. The smallest absolute Gasteiger partial charge is 0.148 e. The predicted molar refractivity (Wildman–Crippen MR) is 86.1 cm³/mol. The van der Waals surface area contributed by atoms with Crippen molar-refractivity contribution < 1.29 is 5.11 Å². The van der Waals surface area contributed by atoms with Crippen LogP contribution in [0.5, 0.6) is 5.75 Å². The maximum Gasteiger partial charge on any atom is 0.148 e. The van der Waals surface area contributed by atoms with E-state index in [0.29, 0.717) is 0 Å². The summed E-state index contributed by atoms with van der Waals surface area (Å²) in [5.41, 5.74) is 12.5. The van der Waals surface area contributed by atoms with E-state index in [2.05, 4.69) is 4.98 Å². The topological polar surface area (TPSA) is 64.1 Å². The lowest BCUT2D eigenvalue weighted by molar-refractivity contribution is 0.480. The average Bonchev–Trinajstić information content (AvgIpc) is 2.65. The number of nitrogens with zero attached hydrogens (tertiary/aromatic N) is 2. The number of pyridine rings is 1. The van der Waals surface area contributed by atoms with Gasteiger partial charge < -0.3 is 15.4 Å². The molecule has 0 spiro atoms. The molecule has 1 aromatic carbocycles. The van der Waals surface area contributed by atoms with Crippen molar-refractivity contribution in [2.24, 2.45) is 0 Å². The highest BCUT2D eigenvalue weighted by Crippen LogP contribution is 2.33. The van der Waals surface area contributed by atoms with Crippen LogP contribution >= 0.6 is 0 Å². The molecule has 3 N–H and O–H groups in total. The Hall–Kier alpha value is -2.49. The molecule has 2 aromatic heterocycles. The fourth-order valence-corrected chi connectivity index (χ4v) is 3.05. The summed E-state index contributed by atoms with van der Waals surface area (Å²) >= 11 is 0. The van der Waals surface area contributed by atoms with Gasteiger partial charge in [-0.2, -0.15) is 0 Å². The molecule has 0 fully saturated rings. The van der Waals surface area contributed by atoms with Gasteiger partial charge in [0.25, 0.3) is 0 Å². The van der Waals surface area contributed by atoms with Gasteiger partial charge >= 0.3 is 0 Å². The zero-order valence-electron chi connectivity index (χ0n) is 12.7. The predicted octanol–water partition coefficient (Wildman–Crippen LogP) is 3.55. The van der Waals surface area contributed by atoms with Crippen LogP contribution in [0.2, 0.25) is 0 Å². The molecule has 3 aromatic rings. The van der Waals surface area contributed by atoms with Gasteiger partial charge in [-0.25, -0.2) is 4.98 Å². The third-order valence-corrected chi connectivity index (χ3v) is 3.81. The number of aromatic hydroxyl groups is 1. The summed E-state index contributed by atoms with van der Waals surface area (Å²) in [6.45, 7) is 7.94. The molecule has 0 bridgehead atoms. The zero-order valence-corrected chi connectivity index (χ0v) is 12.7. The Morgan fingerprint density at radius 1 is 1.00 bits per heavy atom. The first-order chi connectivity index (χ1) is 9.88. The van der Waals surface area contributed by atoms with E-state index in [9.17, 15) is 5.11 Å². The van der Waals surface area contributed by atoms with E-state index in [-0.39, 0.29) is 5.75 Å². The minimum absolute atomic E-state index is 0.277. The minimum atomic E-state index is 0.277. The average molecular weight is 281 g/mol. The number of aromatic nitrogens is 2. The maximum absolute atomic E-state index is 10.2. The van der Waals surface area contributed by atoms with Crippen molar-refractivity contribution in [3.8, 4) is 11.4 Å². The van der Waals surface area contributed by atoms with E-state index in [1.807, 2.05) is 50.6 Å². The second-order valence-corrected chi connectivity index (χ2v) is 5.67. The van der Waals surface area contributed by atoms with Crippen LogP contribution in [-0.2, 0) is 0 Å². The number of anilines is 1. The Bertz CT molecular complexity index is 839. The Labute approximate surface area is 123 Å². The third-order valence-electron chi connectivity index (χ3n) is 3.81. The molecule has 0 aliphatic rings. The molecule has 0 aliphatic heterocycles. The SMILES string of the molecule is Cc1cc(O)c2c(C)cn(-c3c(C)cc(N)cc3C)c2n1. The number of nitrogens with two attached hydrogens (primary N) is 1. The molecule has 2 heterocycles. The van der Waals surface area contributed by atoms with E-state index in [4.69, 9.17) is 5.73 Å². The van der Waals surface area contributed by atoms with Crippen molar-refractivity contribution in [3.05, 3.63) is 46.8 Å². The van der Waals surface area contributed by atoms with Crippen LogP contribution in [0.15, 0.2) is 24.4 Å². The Morgan fingerprint density at radius 3 is 2.24 bits per heavy atom. The van der Waals surface area contributed by atoms with Crippen molar-refractivity contribution in [1.29, 1.82) is 0 Å². The quantitative estimate of drug-likeness (QED) is 0.670. The van der Waals surface area contributed by atoms with Gasteiger partial charge in [0.05, 0.1) is 11.1 Å². The summed E-state index contributed by atoms with van der Waals surface area (Å²) < 4.78 is 2.04. The first kappa shape index (κ1) is 13.5. The molecule has 21 heavy (non-hydrogen) atoms. The summed E-state index contributed by atoms with van der Waals surface area (Å²) in [5, 5.41) is 11.0. The monoisotopic (exact) mass is 281 g/mol. The Kier molecular flexibility index (Phi) is 2.90. The summed E-state index contributed by atoms with van der Waals surface area (Å²) in [6.07, 6.45) is 2.02. The lowest BCUT2D eigenvalue weighted by Crippen LogP contribution is -2.02. The largest absolute Gasteiger partial charge is 0.507 e. The molecule has 0 saturated heterocycles. The van der Waals surface area contributed by atoms with Gasteiger partial charge in [-0.3, -0.25) is 0 Å². The molecular weight excluding hydrogens is 262 g/mol. The normalized spacial score (nSPS) is 11.2. The zero-order chi connectivity index (χ0) is 15.3. The summed E-state index contributed by atoms with van der Waals surface area (Å²) in [4.78, 5) is 4.61. The van der Waals surface area contributed by atoms with Gasteiger partial charge in [-0.1, -0.05) is 0 Å². The number of hydrogen-bond donors (Lipinski definition) is 2. The van der Waals surface area contributed by atoms with Crippen LogP contribution in [0.3, 0.4) is 0 Å². The first-order valence-corrected chi connectivity index (χ1v) is 6.94. The fraction of sp³-hybridized carbons (Fsp3) is 0.235. The van der Waals surface area contributed by atoms with Crippen LogP contribution in [0.4, 0.5) is 5.69 Å². The molecule has 0 atom stereocenters. The van der Waals surface area contributed by atoms with E-state index < -0.39 is 0 Å². The molecule has 0 saturated carbocycles. The number of benzene rings is 1. The molecule has 4 heteroatoms. The molecule has 4 nitrogen and oxygen atoms in total. The van der Waals surface area contributed by atoms with Gasteiger partial charge in [0.1, 0.15) is 11.4 Å². The summed E-state index contributed by atoms with van der Waals surface area (Å²) in [6, 6.07) is 5.61. The van der Waals surface area contributed by atoms with Gasteiger partial charge in [0.2, 0.25) is 0 Å². The fourth-order valence-electron chi connectivity index (χ4n) is 3.05. The first-order valence-electron chi connectivity index (χ1n) is 6.94. The van der Waals surface area contributed by atoms with Crippen molar-refractivity contribution in [1.82, 2.24) is 9.55 Å². The highest BCUT2D eigenvalue weighted by molar-refractivity contribution is 5.88. The van der Waals surface area contributed by atoms with Crippen LogP contribution in [-0.4, -0.2) is 14.7 Å². The maximum atomic E-state index is 10.2. The second-order valence-electron chi connectivity index (χ2n) is 5.67. The van der Waals surface area contributed by atoms with Crippen LogP contribution in [0, 0.1) is 27.7 Å². The minimum Gasteiger partial charge on any atom is -0.507 e. The number of rotatable bonds is 1. The van der Waals surface area contributed by atoms with E-state index in [0.717, 1.165) is 44.8 Å². The number of aryl methyl sites for hydroxylation is 4. The lowest BCUT2D eigenvalue weighted by Gasteiger charge is -2.13. The van der Waals surface area contributed by atoms with E-state index >= 15 is 0 Å². The molecule has 0 amide bonds. The molecule has 108 valence electrons. The number of fused-ring (bicyclic) bond motifs is 1. The highest BCUT2D eigenvalue weighted by Gasteiger charge is 2.15. The third kappa shape index (κ3) is 2.03. The molecule has 0 radical (unpaired) electrons. The molecular formula is C17H19N3O. The van der Waals surface area contributed by atoms with Gasteiger partial charge in [-0.15, -0.1) is 0 Å². The number of nitrogen functional groups attached to an aromatic ring is 1. The van der Waals surface area contributed by atoms with Crippen molar-refractivity contribution in [3.63, 3.8) is 0 Å². The molecule has 0 aliphatic carbocycles. The van der Waals surface area contributed by atoms with Crippen LogP contribution in [0.25, 0.3) is 16.7 Å². The lowest BCUT2D eigenvalue weighted by atomic mass is 10.1. The van der Waals surface area contributed by atoms with E-state index in [1.165, 1.54) is 0 Å². The highest BCUT2D eigenvalue weighted by atomic mass is 16.3. The standard InChI is InChI=1S/C17H19N3O/c1-9-5-13(18)6-10(2)16(9)20-8-11(3)15-14(21)7-12(4)19-17(15)20/h5-8H,18H2,1-4H3,(H,19,21). The van der Waals surface area contributed by atoms with Gasteiger partial charge in [0, 0.05) is 23.6 Å². The van der Waals surface area contributed by atoms with Crippen molar-refractivity contribution in [2.45, 2.75) is 27.7 Å². The Morgan fingerprint density at radius 2 is 1.62 bits per heavy atom.